The third-order valence-corrected chi connectivity index (χ3v) is 6.64. The van der Waals surface area contributed by atoms with Crippen LogP contribution in [0.25, 0.3) is 0 Å². The second-order valence-corrected chi connectivity index (χ2v) is 8.55. The molecule has 2 aliphatic heterocycles. The van der Waals surface area contributed by atoms with Crippen molar-refractivity contribution in [3.05, 3.63) is 65.5 Å². The number of likely N-dealkylation sites (tertiary alicyclic amines) is 1. The predicted molar refractivity (Wildman–Crippen MR) is 99.1 cm³/mol. The summed E-state index contributed by atoms with van der Waals surface area (Å²) in [6.07, 6.45) is 5.27. The van der Waals surface area contributed by atoms with Gasteiger partial charge in [0, 0.05) is 42.5 Å². The normalized spacial score (nSPS) is 22.6. The standard InChI is InChI=1S/C20H24N2OS/c1-16-5-2-3-7-18(16)11-22-14-20(15-22)9-19(13-24-20)23-12-17-6-4-8-21-10-17/h2-8,10,19H,9,11-15H2,1H3/t19-/m1/s1. The van der Waals surface area contributed by atoms with E-state index in [1.807, 2.05) is 12.3 Å². The van der Waals surface area contributed by atoms with E-state index in [2.05, 4.69) is 58.9 Å². The van der Waals surface area contributed by atoms with Gasteiger partial charge in [-0.05, 0) is 36.1 Å². The maximum absolute atomic E-state index is 6.11. The molecular weight excluding hydrogens is 316 g/mol. The summed E-state index contributed by atoms with van der Waals surface area (Å²) in [6, 6.07) is 12.8. The Bertz CT molecular complexity index is 685. The molecule has 0 amide bonds. The quantitative estimate of drug-likeness (QED) is 0.829. The highest BCUT2D eigenvalue weighted by Crippen LogP contribution is 2.46. The van der Waals surface area contributed by atoms with Gasteiger partial charge < -0.3 is 4.74 Å². The molecule has 1 atom stereocenters. The Morgan fingerprint density at radius 3 is 2.92 bits per heavy atom. The van der Waals surface area contributed by atoms with E-state index < -0.39 is 0 Å². The number of hydrogen-bond donors (Lipinski definition) is 0. The Morgan fingerprint density at radius 1 is 1.25 bits per heavy atom. The summed E-state index contributed by atoms with van der Waals surface area (Å²) in [5.41, 5.74) is 4.02. The number of hydrogen-bond acceptors (Lipinski definition) is 4. The molecule has 0 unspecified atom stereocenters. The molecule has 3 heterocycles. The summed E-state index contributed by atoms with van der Waals surface area (Å²) in [6.45, 7) is 6.35. The number of pyridine rings is 1. The highest BCUT2D eigenvalue weighted by Gasteiger charge is 2.49. The van der Waals surface area contributed by atoms with Crippen LogP contribution in [0.5, 0.6) is 0 Å². The molecule has 1 aromatic heterocycles. The Labute approximate surface area is 148 Å². The Hall–Kier alpha value is -1.36. The van der Waals surface area contributed by atoms with Crippen molar-refractivity contribution >= 4 is 11.8 Å². The maximum atomic E-state index is 6.11. The Morgan fingerprint density at radius 2 is 2.12 bits per heavy atom. The summed E-state index contributed by atoms with van der Waals surface area (Å²) < 4.78 is 6.55. The average molecular weight is 340 g/mol. The molecule has 2 saturated heterocycles. The predicted octanol–water partition coefficient (Wildman–Crippen LogP) is 3.67. The minimum atomic E-state index is 0.385. The lowest BCUT2D eigenvalue weighted by molar-refractivity contribution is 0.0263. The first-order chi connectivity index (χ1) is 11.7. The maximum Gasteiger partial charge on any atom is 0.0736 e. The van der Waals surface area contributed by atoms with Gasteiger partial charge in [0.05, 0.1) is 12.7 Å². The van der Waals surface area contributed by atoms with Crippen molar-refractivity contribution in [2.75, 3.05) is 18.8 Å². The molecule has 2 aliphatic rings. The van der Waals surface area contributed by atoms with Gasteiger partial charge >= 0.3 is 0 Å². The number of aryl methyl sites for hydroxylation is 1. The highest BCUT2D eigenvalue weighted by molar-refractivity contribution is 8.01. The second-order valence-electron chi connectivity index (χ2n) is 7.06. The van der Waals surface area contributed by atoms with Crippen LogP contribution in [0, 0.1) is 6.92 Å². The third-order valence-electron chi connectivity index (χ3n) is 5.06. The molecule has 0 aliphatic carbocycles. The van der Waals surface area contributed by atoms with Crippen molar-refractivity contribution in [1.29, 1.82) is 0 Å². The van der Waals surface area contributed by atoms with Gasteiger partial charge in [-0.3, -0.25) is 9.88 Å². The summed E-state index contributed by atoms with van der Waals surface area (Å²) in [5, 5.41) is 0. The van der Waals surface area contributed by atoms with Crippen LogP contribution in [0.4, 0.5) is 0 Å². The van der Waals surface area contributed by atoms with Gasteiger partial charge in [0.1, 0.15) is 0 Å². The van der Waals surface area contributed by atoms with E-state index in [-0.39, 0.29) is 0 Å². The van der Waals surface area contributed by atoms with Gasteiger partial charge in [0.15, 0.2) is 0 Å². The molecule has 0 radical (unpaired) electrons. The fraction of sp³-hybridized carbons (Fsp3) is 0.450. The average Bonchev–Trinajstić information content (AvgIpc) is 3.00. The lowest BCUT2D eigenvalue weighted by Crippen LogP contribution is -2.58. The minimum Gasteiger partial charge on any atom is -0.373 e. The number of nitrogens with zero attached hydrogens (tertiary/aromatic N) is 2. The second kappa shape index (κ2) is 6.87. The SMILES string of the molecule is Cc1ccccc1CN1CC2(C[C@@H](OCc3cccnc3)CS2)C1. The summed E-state index contributed by atoms with van der Waals surface area (Å²) in [4.78, 5) is 6.72. The zero-order valence-corrected chi connectivity index (χ0v) is 15.0. The lowest BCUT2D eigenvalue weighted by Gasteiger charge is -2.47. The molecule has 3 nitrogen and oxygen atoms in total. The fourth-order valence-electron chi connectivity index (χ4n) is 3.74. The molecule has 4 heteroatoms. The van der Waals surface area contributed by atoms with Crippen LogP contribution < -0.4 is 0 Å². The van der Waals surface area contributed by atoms with Crippen LogP contribution in [0.15, 0.2) is 48.8 Å². The van der Waals surface area contributed by atoms with Gasteiger partial charge in [0.2, 0.25) is 0 Å². The largest absolute Gasteiger partial charge is 0.373 e. The molecule has 24 heavy (non-hydrogen) atoms. The molecule has 0 saturated carbocycles. The number of aromatic nitrogens is 1. The van der Waals surface area contributed by atoms with Gasteiger partial charge in [-0.15, -0.1) is 11.8 Å². The molecule has 2 fully saturated rings. The molecule has 1 aromatic carbocycles. The van der Waals surface area contributed by atoms with E-state index in [0.29, 0.717) is 17.5 Å². The number of benzene rings is 1. The van der Waals surface area contributed by atoms with Crippen LogP contribution in [-0.2, 0) is 17.9 Å². The lowest BCUT2D eigenvalue weighted by atomic mass is 9.92. The number of thioether (sulfide) groups is 1. The summed E-state index contributed by atoms with van der Waals surface area (Å²) >= 11 is 2.11. The van der Waals surface area contributed by atoms with Crippen molar-refractivity contribution in [2.24, 2.45) is 0 Å². The van der Waals surface area contributed by atoms with E-state index in [4.69, 9.17) is 4.74 Å². The van der Waals surface area contributed by atoms with E-state index >= 15 is 0 Å². The molecule has 0 N–H and O–H groups in total. The van der Waals surface area contributed by atoms with Gasteiger partial charge in [0.25, 0.3) is 0 Å². The van der Waals surface area contributed by atoms with Gasteiger partial charge in [-0.1, -0.05) is 30.3 Å². The van der Waals surface area contributed by atoms with E-state index in [9.17, 15) is 0 Å². The van der Waals surface area contributed by atoms with E-state index in [1.165, 1.54) is 36.2 Å². The van der Waals surface area contributed by atoms with Gasteiger partial charge in [-0.2, -0.15) is 0 Å². The smallest absolute Gasteiger partial charge is 0.0736 e. The van der Waals surface area contributed by atoms with Crippen LogP contribution in [0.2, 0.25) is 0 Å². The van der Waals surface area contributed by atoms with E-state index in [1.54, 1.807) is 6.20 Å². The van der Waals surface area contributed by atoms with Gasteiger partial charge in [-0.25, -0.2) is 0 Å². The van der Waals surface area contributed by atoms with E-state index in [0.717, 1.165) is 12.3 Å². The Kier molecular flexibility index (Phi) is 4.61. The minimum absolute atomic E-state index is 0.385. The van der Waals surface area contributed by atoms with Crippen LogP contribution >= 0.6 is 11.8 Å². The van der Waals surface area contributed by atoms with Crippen molar-refractivity contribution in [3.63, 3.8) is 0 Å². The summed E-state index contributed by atoms with van der Waals surface area (Å²) in [7, 11) is 0. The molecule has 2 aromatic rings. The molecule has 126 valence electrons. The van der Waals surface area contributed by atoms with Crippen LogP contribution in [0.3, 0.4) is 0 Å². The summed E-state index contributed by atoms with van der Waals surface area (Å²) in [5.74, 6) is 1.12. The zero-order chi connectivity index (χ0) is 16.4. The highest BCUT2D eigenvalue weighted by atomic mass is 32.2. The topological polar surface area (TPSA) is 25.4 Å². The number of ether oxygens (including phenoxy) is 1. The molecule has 0 bridgehead atoms. The third kappa shape index (κ3) is 3.51. The zero-order valence-electron chi connectivity index (χ0n) is 14.1. The monoisotopic (exact) mass is 340 g/mol. The van der Waals surface area contributed by atoms with Crippen molar-refractivity contribution < 1.29 is 4.74 Å². The number of rotatable bonds is 5. The van der Waals surface area contributed by atoms with Crippen LogP contribution in [0.1, 0.15) is 23.1 Å². The van der Waals surface area contributed by atoms with Crippen molar-refractivity contribution in [1.82, 2.24) is 9.88 Å². The first-order valence-corrected chi connectivity index (χ1v) is 9.62. The Balaban J connectivity index is 1.25. The first kappa shape index (κ1) is 16.1. The van der Waals surface area contributed by atoms with Crippen molar-refractivity contribution in [2.45, 2.75) is 37.3 Å². The van der Waals surface area contributed by atoms with Crippen LogP contribution in [-0.4, -0.2) is 39.6 Å². The molecule has 1 spiro atoms. The van der Waals surface area contributed by atoms with Crippen molar-refractivity contribution in [3.8, 4) is 0 Å². The first-order valence-electron chi connectivity index (χ1n) is 8.64. The molecular formula is C20H24N2OS. The fourth-order valence-corrected chi connectivity index (χ4v) is 5.34. The molecule has 4 rings (SSSR count).